The van der Waals surface area contributed by atoms with Crippen LogP contribution in [-0.2, 0) is 4.74 Å². The SMILES string of the molecule is COCCCN1C(=S)NC(c2ccccn2)C1c1cc(C)n(-c2cccc(C)c2)c1C. The van der Waals surface area contributed by atoms with Crippen molar-refractivity contribution in [3.8, 4) is 5.69 Å². The second-order valence-corrected chi connectivity index (χ2v) is 8.55. The Labute approximate surface area is 190 Å². The second-order valence-electron chi connectivity index (χ2n) is 8.17. The quantitative estimate of drug-likeness (QED) is 0.427. The van der Waals surface area contributed by atoms with Crippen molar-refractivity contribution in [1.82, 2.24) is 19.8 Å². The number of aromatic nitrogens is 2. The van der Waals surface area contributed by atoms with Gasteiger partial charge in [-0.05, 0) is 80.9 Å². The van der Waals surface area contributed by atoms with Gasteiger partial charge in [0.05, 0.1) is 17.8 Å². The zero-order chi connectivity index (χ0) is 22.0. The Hall–Kier alpha value is -2.70. The molecule has 2 atom stereocenters. The molecule has 3 heterocycles. The lowest BCUT2D eigenvalue weighted by Gasteiger charge is -2.28. The van der Waals surface area contributed by atoms with Gasteiger partial charge in [-0.3, -0.25) is 4.98 Å². The van der Waals surface area contributed by atoms with Crippen molar-refractivity contribution in [2.24, 2.45) is 0 Å². The van der Waals surface area contributed by atoms with Gasteiger partial charge in [0.15, 0.2) is 5.11 Å². The van der Waals surface area contributed by atoms with Crippen LogP contribution in [-0.4, -0.2) is 39.8 Å². The summed E-state index contributed by atoms with van der Waals surface area (Å²) in [5.41, 5.74) is 7.17. The van der Waals surface area contributed by atoms with Crippen LogP contribution in [0.2, 0.25) is 0 Å². The highest BCUT2D eigenvalue weighted by molar-refractivity contribution is 7.80. The number of rotatable bonds is 7. The zero-order valence-electron chi connectivity index (χ0n) is 18.6. The fourth-order valence-electron chi connectivity index (χ4n) is 4.62. The highest BCUT2D eigenvalue weighted by Crippen LogP contribution is 2.41. The number of thiocarbonyl (C=S) groups is 1. The van der Waals surface area contributed by atoms with E-state index < -0.39 is 0 Å². The summed E-state index contributed by atoms with van der Waals surface area (Å²) in [6.45, 7) is 8.05. The first-order chi connectivity index (χ1) is 15.0. The number of methoxy groups -OCH3 is 1. The fraction of sp³-hybridized carbons (Fsp3) is 0.360. The van der Waals surface area contributed by atoms with Crippen molar-refractivity contribution in [3.05, 3.63) is 82.9 Å². The summed E-state index contributed by atoms with van der Waals surface area (Å²) in [5.74, 6) is 0. The van der Waals surface area contributed by atoms with Crippen LogP contribution in [0.15, 0.2) is 54.7 Å². The van der Waals surface area contributed by atoms with Crippen LogP contribution in [0.4, 0.5) is 0 Å². The summed E-state index contributed by atoms with van der Waals surface area (Å²) in [5, 5.41) is 4.32. The van der Waals surface area contributed by atoms with E-state index in [0.29, 0.717) is 6.61 Å². The van der Waals surface area contributed by atoms with E-state index in [-0.39, 0.29) is 12.1 Å². The first-order valence-corrected chi connectivity index (χ1v) is 11.1. The van der Waals surface area contributed by atoms with E-state index in [9.17, 15) is 0 Å². The van der Waals surface area contributed by atoms with E-state index in [4.69, 9.17) is 17.0 Å². The molecule has 4 rings (SSSR count). The summed E-state index contributed by atoms with van der Waals surface area (Å²) >= 11 is 5.78. The first kappa shape index (κ1) is 21.5. The molecule has 1 saturated heterocycles. The number of hydrogen-bond donors (Lipinski definition) is 1. The van der Waals surface area contributed by atoms with Crippen LogP contribution in [0, 0.1) is 20.8 Å². The van der Waals surface area contributed by atoms with Crippen molar-refractivity contribution in [3.63, 3.8) is 0 Å². The molecule has 1 aromatic carbocycles. The van der Waals surface area contributed by atoms with E-state index in [1.165, 1.54) is 28.2 Å². The Balaban J connectivity index is 1.79. The molecule has 1 aliphatic heterocycles. The maximum atomic E-state index is 5.78. The van der Waals surface area contributed by atoms with E-state index in [1.807, 2.05) is 18.3 Å². The standard InChI is InChI=1S/C25H30N4OS/c1-17-9-7-10-20(15-17)29-18(2)16-21(19(29)3)24-23(22-11-5-6-12-26-22)27-25(31)28(24)13-8-14-30-4/h5-7,9-12,15-16,23-24H,8,13-14H2,1-4H3,(H,27,31). The number of benzene rings is 1. The fourth-order valence-corrected chi connectivity index (χ4v) is 4.95. The van der Waals surface area contributed by atoms with Crippen LogP contribution in [0.1, 0.15) is 46.7 Å². The Morgan fingerprint density at radius 3 is 2.65 bits per heavy atom. The Morgan fingerprint density at radius 1 is 1.10 bits per heavy atom. The molecule has 1 N–H and O–H groups in total. The maximum Gasteiger partial charge on any atom is 0.170 e. The number of nitrogens with one attached hydrogen (secondary N) is 1. The third kappa shape index (κ3) is 4.23. The lowest BCUT2D eigenvalue weighted by molar-refractivity contribution is 0.180. The van der Waals surface area contributed by atoms with E-state index in [1.54, 1.807) is 7.11 Å². The lowest BCUT2D eigenvalue weighted by atomic mass is 9.96. The number of hydrogen-bond acceptors (Lipinski definition) is 3. The van der Waals surface area contributed by atoms with Gasteiger partial charge in [-0.1, -0.05) is 18.2 Å². The summed E-state index contributed by atoms with van der Waals surface area (Å²) in [4.78, 5) is 6.95. The largest absolute Gasteiger partial charge is 0.385 e. The van der Waals surface area contributed by atoms with Crippen LogP contribution >= 0.6 is 12.2 Å². The predicted octanol–water partition coefficient (Wildman–Crippen LogP) is 4.81. The molecule has 6 heteroatoms. The first-order valence-electron chi connectivity index (χ1n) is 10.7. The summed E-state index contributed by atoms with van der Waals surface area (Å²) in [6, 6.07) is 17.1. The van der Waals surface area contributed by atoms with E-state index in [2.05, 4.69) is 76.9 Å². The topological polar surface area (TPSA) is 42.3 Å². The summed E-state index contributed by atoms with van der Waals surface area (Å²) in [7, 11) is 1.74. The lowest BCUT2D eigenvalue weighted by Crippen LogP contribution is -2.31. The highest BCUT2D eigenvalue weighted by atomic mass is 32.1. The molecular weight excluding hydrogens is 404 g/mol. The third-order valence-electron chi connectivity index (χ3n) is 5.99. The molecule has 5 nitrogen and oxygen atoms in total. The van der Waals surface area contributed by atoms with Gasteiger partial charge >= 0.3 is 0 Å². The molecule has 31 heavy (non-hydrogen) atoms. The van der Waals surface area contributed by atoms with Crippen molar-refractivity contribution >= 4 is 17.3 Å². The molecule has 0 aliphatic carbocycles. The van der Waals surface area contributed by atoms with Crippen LogP contribution in [0.5, 0.6) is 0 Å². The van der Waals surface area contributed by atoms with Gasteiger partial charge in [-0.2, -0.15) is 0 Å². The van der Waals surface area contributed by atoms with Crippen LogP contribution < -0.4 is 5.32 Å². The van der Waals surface area contributed by atoms with Crippen LogP contribution in [0.25, 0.3) is 5.69 Å². The smallest absolute Gasteiger partial charge is 0.170 e. The van der Waals surface area contributed by atoms with Gasteiger partial charge in [0.25, 0.3) is 0 Å². The average molecular weight is 435 g/mol. The van der Waals surface area contributed by atoms with Gasteiger partial charge in [0.2, 0.25) is 0 Å². The van der Waals surface area contributed by atoms with Gasteiger partial charge in [-0.15, -0.1) is 0 Å². The number of nitrogens with zero attached hydrogens (tertiary/aromatic N) is 3. The predicted molar refractivity (Wildman–Crippen MR) is 129 cm³/mol. The highest BCUT2D eigenvalue weighted by Gasteiger charge is 2.41. The molecule has 0 spiro atoms. The normalized spacial score (nSPS) is 18.5. The van der Waals surface area contributed by atoms with Crippen molar-refractivity contribution in [2.75, 3.05) is 20.3 Å². The summed E-state index contributed by atoms with van der Waals surface area (Å²) < 4.78 is 7.64. The minimum absolute atomic E-state index is 0.00250. The summed E-state index contributed by atoms with van der Waals surface area (Å²) in [6.07, 6.45) is 2.76. The molecule has 0 radical (unpaired) electrons. The monoisotopic (exact) mass is 434 g/mol. The minimum atomic E-state index is 0.00250. The third-order valence-corrected chi connectivity index (χ3v) is 6.35. The van der Waals surface area contributed by atoms with Gasteiger partial charge < -0.3 is 19.5 Å². The van der Waals surface area contributed by atoms with Gasteiger partial charge in [0, 0.05) is 43.5 Å². The molecule has 0 amide bonds. The van der Waals surface area contributed by atoms with Crippen molar-refractivity contribution in [1.29, 1.82) is 0 Å². The van der Waals surface area contributed by atoms with Gasteiger partial charge in [-0.25, -0.2) is 0 Å². The van der Waals surface area contributed by atoms with E-state index in [0.717, 1.165) is 23.8 Å². The molecule has 162 valence electrons. The second kappa shape index (κ2) is 9.20. The molecule has 1 aliphatic rings. The minimum Gasteiger partial charge on any atom is -0.385 e. The Bertz CT molecular complexity index is 1060. The zero-order valence-corrected chi connectivity index (χ0v) is 19.4. The van der Waals surface area contributed by atoms with Crippen molar-refractivity contribution in [2.45, 2.75) is 39.3 Å². The molecule has 3 aromatic rings. The number of pyridine rings is 1. The Kier molecular flexibility index (Phi) is 6.39. The number of aryl methyl sites for hydroxylation is 2. The molecular formula is C25H30N4OS. The molecule has 1 fully saturated rings. The Morgan fingerprint density at radius 2 is 1.94 bits per heavy atom. The van der Waals surface area contributed by atoms with E-state index >= 15 is 0 Å². The van der Waals surface area contributed by atoms with Gasteiger partial charge in [0.1, 0.15) is 0 Å². The molecule has 0 saturated carbocycles. The van der Waals surface area contributed by atoms with Crippen LogP contribution in [0.3, 0.4) is 0 Å². The molecule has 0 bridgehead atoms. The maximum absolute atomic E-state index is 5.78. The number of ether oxygens (including phenoxy) is 1. The molecule has 2 aromatic heterocycles. The van der Waals surface area contributed by atoms with Crippen molar-refractivity contribution < 1.29 is 4.74 Å². The molecule has 2 unspecified atom stereocenters. The average Bonchev–Trinajstić information content (AvgIpc) is 3.24.